The average molecular weight is 343 g/mol. The third-order valence-corrected chi connectivity index (χ3v) is 4.20. The van der Waals surface area contributed by atoms with E-state index >= 15 is 0 Å². The van der Waals surface area contributed by atoms with Gasteiger partial charge in [0.1, 0.15) is 5.76 Å². The third-order valence-electron chi connectivity index (χ3n) is 4.20. The first-order valence-electron chi connectivity index (χ1n) is 8.23. The minimum absolute atomic E-state index is 0.530. The highest BCUT2D eigenvalue weighted by Crippen LogP contribution is 2.27. The summed E-state index contributed by atoms with van der Waals surface area (Å²) in [6.07, 6.45) is 9.36. The molecule has 0 bridgehead atoms. The van der Waals surface area contributed by atoms with Crippen molar-refractivity contribution in [1.82, 2.24) is 25.6 Å². The van der Waals surface area contributed by atoms with Crippen LogP contribution in [0.4, 0.5) is 0 Å². The lowest BCUT2D eigenvalue weighted by Gasteiger charge is -2.08. The molecule has 0 unspecified atom stereocenters. The number of nitrogens with zero attached hydrogens (tertiary/aromatic N) is 4. The van der Waals surface area contributed by atoms with Crippen LogP contribution in [-0.4, -0.2) is 25.6 Å². The summed E-state index contributed by atoms with van der Waals surface area (Å²) in [6.45, 7) is 4.21. The van der Waals surface area contributed by atoms with Crippen molar-refractivity contribution in [2.75, 3.05) is 0 Å². The van der Waals surface area contributed by atoms with Gasteiger partial charge in [0.25, 0.3) is 0 Å². The smallest absolute Gasteiger partial charge is 0.206 e. The summed E-state index contributed by atoms with van der Waals surface area (Å²) < 4.78 is 5.50. The van der Waals surface area contributed by atoms with E-state index in [1.165, 1.54) is 16.7 Å². The quantitative estimate of drug-likeness (QED) is 0.597. The SMILES string of the molecule is Cc1cc(-c2ccco2)cc(C)c1/C=C/c1cncc(-c2nn[nH]n2)c1. The van der Waals surface area contributed by atoms with E-state index < -0.39 is 0 Å². The number of hydrogen-bond donors (Lipinski definition) is 1. The van der Waals surface area contributed by atoms with Gasteiger partial charge in [0, 0.05) is 23.5 Å². The fourth-order valence-corrected chi connectivity index (χ4v) is 2.96. The standard InChI is InChI=1S/C20H17N5O/c1-13-8-16(19-4-3-7-26-19)9-14(2)18(13)6-5-15-10-17(12-21-11-15)20-22-24-25-23-20/h3-12H,1-2H3,(H,22,23,24,25)/b6-5+. The van der Waals surface area contributed by atoms with Gasteiger partial charge in [0.2, 0.25) is 5.82 Å². The van der Waals surface area contributed by atoms with Crippen molar-refractivity contribution in [3.63, 3.8) is 0 Å². The molecule has 26 heavy (non-hydrogen) atoms. The van der Waals surface area contributed by atoms with Crippen LogP contribution in [0.3, 0.4) is 0 Å². The minimum Gasteiger partial charge on any atom is -0.464 e. The minimum atomic E-state index is 0.530. The van der Waals surface area contributed by atoms with Crippen LogP contribution in [0.15, 0.2) is 53.4 Å². The zero-order valence-electron chi connectivity index (χ0n) is 14.5. The van der Waals surface area contributed by atoms with E-state index in [1.807, 2.05) is 30.5 Å². The lowest BCUT2D eigenvalue weighted by molar-refractivity contribution is 0.582. The highest BCUT2D eigenvalue weighted by atomic mass is 16.3. The Bertz CT molecular complexity index is 1030. The number of furan rings is 1. The lowest BCUT2D eigenvalue weighted by Crippen LogP contribution is -1.89. The number of tetrazole rings is 1. The molecule has 4 aromatic rings. The van der Waals surface area contributed by atoms with E-state index in [9.17, 15) is 0 Å². The second-order valence-corrected chi connectivity index (χ2v) is 6.08. The molecule has 6 nitrogen and oxygen atoms in total. The van der Waals surface area contributed by atoms with Crippen molar-refractivity contribution in [3.8, 4) is 22.7 Å². The van der Waals surface area contributed by atoms with E-state index in [4.69, 9.17) is 4.42 Å². The van der Waals surface area contributed by atoms with E-state index in [2.05, 4.69) is 57.7 Å². The molecule has 0 saturated heterocycles. The number of aromatic amines is 1. The number of aromatic nitrogens is 5. The molecule has 6 heteroatoms. The number of benzene rings is 1. The van der Waals surface area contributed by atoms with Crippen LogP contribution >= 0.6 is 0 Å². The fraction of sp³-hybridized carbons (Fsp3) is 0.100. The van der Waals surface area contributed by atoms with E-state index in [0.29, 0.717) is 5.82 Å². The molecule has 0 saturated carbocycles. The van der Waals surface area contributed by atoms with Crippen molar-refractivity contribution in [2.24, 2.45) is 0 Å². The molecule has 3 aromatic heterocycles. The molecule has 4 rings (SSSR count). The molecule has 0 spiro atoms. The summed E-state index contributed by atoms with van der Waals surface area (Å²) in [4.78, 5) is 4.26. The van der Waals surface area contributed by atoms with Gasteiger partial charge in [-0.15, -0.1) is 10.2 Å². The Morgan fingerprint density at radius 3 is 2.54 bits per heavy atom. The van der Waals surface area contributed by atoms with Gasteiger partial charge in [0.05, 0.1) is 6.26 Å². The van der Waals surface area contributed by atoms with E-state index in [-0.39, 0.29) is 0 Å². The largest absolute Gasteiger partial charge is 0.464 e. The fourth-order valence-electron chi connectivity index (χ4n) is 2.96. The van der Waals surface area contributed by atoms with Crippen LogP contribution < -0.4 is 0 Å². The van der Waals surface area contributed by atoms with Crippen LogP contribution in [0.5, 0.6) is 0 Å². The van der Waals surface area contributed by atoms with Gasteiger partial charge in [-0.3, -0.25) is 4.98 Å². The van der Waals surface area contributed by atoms with E-state index in [1.54, 1.807) is 12.5 Å². The topological polar surface area (TPSA) is 80.5 Å². The Hall–Kier alpha value is -3.54. The molecular weight excluding hydrogens is 326 g/mol. The summed E-state index contributed by atoms with van der Waals surface area (Å²) in [7, 11) is 0. The van der Waals surface area contributed by atoms with Gasteiger partial charge in [-0.25, -0.2) is 0 Å². The summed E-state index contributed by atoms with van der Waals surface area (Å²) >= 11 is 0. The summed E-state index contributed by atoms with van der Waals surface area (Å²) in [5.74, 6) is 1.41. The first-order chi connectivity index (χ1) is 12.7. The van der Waals surface area contributed by atoms with Crippen LogP contribution in [0.2, 0.25) is 0 Å². The van der Waals surface area contributed by atoms with Crippen molar-refractivity contribution in [1.29, 1.82) is 0 Å². The molecule has 0 aliphatic heterocycles. The summed E-state index contributed by atoms with van der Waals surface area (Å²) in [5, 5.41) is 14.0. The Morgan fingerprint density at radius 1 is 1.00 bits per heavy atom. The second-order valence-electron chi connectivity index (χ2n) is 6.08. The predicted molar refractivity (Wildman–Crippen MR) is 100.0 cm³/mol. The predicted octanol–water partition coefficient (Wildman–Crippen LogP) is 4.31. The maximum Gasteiger partial charge on any atom is 0.206 e. The zero-order valence-corrected chi connectivity index (χ0v) is 14.5. The molecule has 3 heterocycles. The molecular formula is C20H17N5O. The highest BCUT2D eigenvalue weighted by Gasteiger charge is 2.07. The van der Waals surface area contributed by atoms with Crippen molar-refractivity contribution >= 4 is 12.2 Å². The number of aryl methyl sites for hydroxylation is 2. The molecule has 0 aliphatic carbocycles. The van der Waals surface area contributed by atoms with E-state index in [0.717, 1.165) is 22.5 Å². The van der Waals surface area contributed by atoms with Crippen molar-refractivity contribution < 1.29 is 4.42 Å². The number of H-pyrrole nitrogens is 1. The van der Waals surface area contributed by atoms with Gasteiger partial charge in [0.15, 0.2) is 0 Å². The normalized spacial score (nSPS) is 11.3. The highest BCUT2D eigenvalue weighted by molar-refractivity contribution is 5.76. The molecule has 0 amide bonds. The molecule has 1 aromatic carbocycles. The summed E-state index contributed by atoms with van der Waals surface area (Å²) in [6, 6.07) is 10.1. The van der Waals surface area contributed by atoms with Gasteiger partial charge < -0.3 is 4.42 Å². The van der Waals surface area contributed by atoms with Crippen LogP contribution in [0.1, 0.15) is 22.3 Å². The molecule has 0 radical (unpaired) electrons. The summed E-state index contributed by atoms with van der Waals surface area (Å²) in [5.41, 5.74) is 6.45. The Kier molecular flexibility index (Phi) is 4.15. The zero-order chi connectivity index (χ0) is 17.9. The van der Waals surface area contributed by atoms with Gasteiger partial charge in [-0.05, 0) is 71.6 Å². The molecule has 1 N–H and O–H groups in total. The number of pyridine rings is 1. The van der Waals surface area contributed by atoms with Crippen molar-refractivity contribution in [3.05, 3.63) is 71.2 Å². The van der Waals surface area contributed by atoms with Crippen LogP contribution in [0, 0.1) is 13.8 Å². The van der Waals surface area contributed by atoms with Crippen molar-refractivity contribution in [2.45, 2.75) is 13.8 Å². The molecule has 0 fully saturated rings. The molecule has 0 aliphatic rings. The lowest BCUT2D eigenvalue weighted by atomic mass is 9.97. The molecule has 0 atom stereocenters. The van der Waals surface area contributed by atoms with Gasteiger partial charge in [-0.1, -0.05) is 12.2 Å². The Morgan fingerprint density at radius 2 is 1.85 bits per heavy atom. The Balaban J connectivity index is 1.64. The monoisotopic (exact) mass is 343 g/mol. The van der Waals surface area contributed by atoms with Gasteiger partial charge >= 0.3 is 0 Å². The molecule has 128 valence electrons. The van der Waals surface area contributed by atoms with Crippen LogP contribution in [-0.2, 0) is 0 Å². The Labute approximate surface area is 150 Å². The first-order valence-corrected chi connectivity index (χ1v) is 8.23. The maximum absolute atomic E-state index is 5.50. The number of nitrogens with one attached hydrogen (secondary N) is 1. The number of rotatable bonds is 4. The maximum atomic E-state index is 5.50. The van der Waals surface area contributed by atoms with Crippen LogP contribution in [0.25, 0.3) is 34.9 Å². The average Bonchev–Trinajstić information content (AvgIpc) is 3.35. The first kappa shape index (κ1) is 16.0. The second kappa shape index (κ2) is 6.76. The number of hydrogen-bond acceptors (Lipinski definition) is 5. The third kappa shape index (κ3) is 3.17. The van der Waals surface area contributed by atoms with Gasteiger partial charge in [-0.2, -0.15) is 5.21 Å².